The molecule has 1 fully saturated rings. The van der Waals surface area contributed by atoms with Crippen LogP contribution in [0.15, 0.2) is 0 Å². The van der Waals surface area contributed by atoms with Crippen LogP contribution in [0, 0.1) is 5.92 Å². The first-order valence-electron chi connectivity index (χ1n) is 6.73. The van der Waals surface area contributed by atoms with E-state index in [-0.39, 0.29) is 23.9 Å². The first-order chi connectivity index (χ1) is 7.66. The lowest BCUT2D eigenvalue weighted by Crippen LogP contribution is -2.49. The minimum atomic E-state index is -0.159. The van der Waals surface area contributed by atoms with Crippen molar-refractivity contribution in [1.29, 1.82) is 0 Å². The molecule has 0 spiro atoms. The summed E-state index contributed by atoms with van der Waals surface area (Å²) in [6.45, 7) is 13.1. The van der Waals surface area contributed by atoms with Gasteiger partial charge in [-0.05, 0) is 46.5 Å². The molecule has 0 aliphatic carbocycles. The molecule has 0 radical (unpaired) electrons. The maximum atomic E-state index is 9.43. The zero-order valence-corrected chi connectivity index (χ0v) is 12.2. The largest absolute Gasteiger partial charge is 0.395 e. The summed E-state index contributed by atoms with van der Waals surface area (Å²) in [6.07, 6.45) is 2.00. The highest BCUT2D eigenvalue weighted by atomic mass is 16.5. The molecule has 2 atom stereocenters. The van der Waals surface area contributed by atoms with E-state index in [1.54, 1.807) is 0 Å². The van der Waals surface area contributed by atoms with Crippen LogP contribution in [0.4, 0.5) is 0 Å². The molecule has 0 amide bonds. The molecule has 0 aromatic rings. The fourth-order valence-electron chi connectivity index (χ4n) is 2.87. The van der Waals surface area contributed by atoms with E-state index in [0.717, 1.165) is 12.8 Å². The van der Waals surface area contributed by atoms with Crippen LogP contribution in [0.25, 0.3) is 0 Å². The fraction of sp³-hybridized carbons (Fsp3) is 1.00. The Labute approximate surface area is 106 Å². The molecule has 1 aliphatic heterocycles. The van der Waals surface area contributed by atoms with Crippen molar-refractivity contribution in [3.63, 3.8) is 0 Å². The van der Waals surface area contributed by atoms with Crippen molar-refractivity contribution in [2.24, 2.45) is 5.92 Å². The molecule has 102 valence electrons. The van der Waals surface area contributed by atoms with Crippen molar-refractivity contribution in [3.05, 3.63) is 0 Å². The van der Waals surface area contributed by atoms with Crippen molar-refractivity contribution in [1.82, 2.24) is 5.32 Å². The summed E-state index contributed by atoms with van der Waals surface area (Å²) in [4.78, 5) is 0. The number of ether oxygens (including phenoxy) is 1. The molecule has 3 heteroatoms. The van der Waals surface area contributed by atoms with Crippen molar-refractivity contribution in [2.75, 3.05) is 6.61 Å². The van der Waals surface area contributed by atoms with Gasteiger partial charge < -0.3 is 15.2 Å². The van der Waals surface area contributed by atoms with Crippen LogP contribution in [0.3, 0.4) is 0 Å². The molecule has 3 nitrogen and oxygen atoms in total. The van der Waals surface area contributed by atoms with Crippen LogP contribution >= 0.6 is 0 Å². The molecule has 1 saturated heterocycles. The van der Waals surface area contributed by atoms with Crippen molar-refractivity contribution in [3.8, 4) is 0 Å². The smallest absolute Gasteiger partial charge is 0.0787 e. The number of aliphatic hydroxyl groups excluding tert-OH is 1. The Kier molecular flexibility index (Phi) is 4.61. The number of nitrogens with one attached hydrogen (secondary N) is 1. The minimum absolute atomic E-state index is 0.0704. The topological polar surface area (TPSA) is 41.5 Å². The van der Waals surface area contributed by atoms with E-state index in [4.69, 9.17) is 4.74 Å². The second-order valence-corrected chi connectivity index (χ2v) is 6.90. The van der Waals surface area contributed by atoms with Crippen LogP contribution < -0.4 is 5.32 Å². The molecule has 0 bridgehead atoms. The summed E-state index contributed by atoms with van der Waals surface area (Å²) < 4.78 is 6.05. The van der Waals surface area contributed by atoms with Gasteiger partial charge in [0.25, 0.3) is 0 Å². The third-order valence-electron chi connectivity index (χ3n) is 3.49. The molecular weight excluding hydrogens is 214 g/mol. The number of aliphatic hydroxyl groups is 1. The summed E-state index contributed by atoms with van der Waals surface area (Å²) >= 11 is 0. The summed E-state index contributed by atoms with van der Waals surface area (Å²) in [5.74, 6) is 0.595. The van der Waals surface area contributed by atoms with Gasteiger partial charge in [-0.2, -0.15) is 0 Å². The lowest BCUT2D eigenvalue weighted by molar-refractivity contribution is -0.0709. The van der Waals surface area contributed by atoms with Crippen LogP contribution in [0.5, 0.6) is 0 Å². The van der Waals surface area contributed by atoms with Gasteiger partial charge in [0, 0.05) is 12.1 Å². The zero-order valence-electron chi connectivity index (χ0n) is 12.2. The monoisotopic (exact) mass is 243 g/mol. The molecule has 2 N–H and O–H groups in total. The third kappa shape index (κ3) is 4.23. The highest BCUT2D eigenvalue weighted by Crippen LogP contribution is 2.37. The molecule has 1 rings (SSSR count). The van der Waals surface area contributed by atoms with E-state index in [1.165, 1.54) is 0 Å². The predicted molar refractivity (Wildman–Crippen MR) is 71.1 cm³/mol. The average Bonchev–Trinajstić information content (AvgIpc) is 2.32. The van der Waals surface area contributed by atoms with Gasteiger partial charge in [0.15, 0.2) is 0 Å². The summed E-state index contributed by atoms with van der Waals surface area (Å²) in [7, 11) is 0. The normalized spacial score (nSPS) is 28.6. The summed E-state index contributed by atoms with van der Waals surface area (Å²) in [5, 5.41) is 13.0. The predicted octanol–water partition coefficient (Wildman–Crippen LogP) is 2.33. The lowest BCUT2D eigenvalue weighted by atomic mass is 9.92. The third-order valence-corrected chi connectivity index (χ3v) is 3.49. The second-order valence-electron chi connectivity index (χ2n) is 6.90. The number of rotatable bonds is 5. The van der Waals surface area contributed by atoms with E-state index in [1.807, 2.05) is 0 Å². The Morgan fingerprint density at radius 2 is 1.88 bits per heavy atom. The average molecular weight is 243 g/mol. The van der Waals surface area contributed by atoms with E-state index >= 15 is 0 Å². The summed E-state index contributed by atoms with van der Waals surface area (Å²) in [5.41, 5.74) is -0.229. The number of hydrogen-bond acceptors (Lipinski definition) is 3. The highest BCUT2D eigenvalue weighted by molar-refractivity contribution is 4.99. The van der Waals surface area contributed by atoms with Crippen LogP contribution in [-0.2, 0) is 4.74 Å². The first-order valence-corrected chi connectivity index (χ1v) is 6.73. The first kappa shape index (κ1) is 14.9. The maximum absolute atomic E-state index is 9.43. The fourth-order valence-corrected chi connectivity index (χ4v) is 2.87. The van der Waals surface area contributed by atoms with Gasteiger partial charge in [0.05, 0.1) is 17.8 Å². The molecule has 1 heterocycles. The van der Waals surface area contributed by atoms with Gasteiger partial charge in [0.1, 0.15) is 0 Å². The van der Waals surface area contributed by atoms with Gasteiger partial charge in [-0.3, -0.25) is 0 Å². The van der Waals surface area contributed by atoms with E-state index < -0.39 is 0 Å². The quantitative estimate of drug-likeness (QED) is 0.778. The Morgan fingerprint density at radius 3 is 2.24 bits per heavy atom. The van der Waals surface area contributed by atoms with Crippen molar-refractivity contribution >= 4 is 0 Å². The molecular formula is C14H29NO2. The van der Waals surface area contributed by atoms with Gasteiger partial charge >= 0.3 is 0 Å². The molecule has 2 unspecified atom stereocenters. The van der Waals surface area contributed by atoms with Crippen molar-refractivity contribution in [2.45, 2.75) is 77.7 Å². The SMILES string of the molecule is CC(C)CC(CO)NC1CC(C)(C)OC1(C)C. The minimum Gasteiger partial charge on any atom is -0.395 e. The molecule has 0 aromatic carbocycles. The van der Waals surface area contributed by atoms with Gasteiger partial charge in [-0.15, -0.1) is 0 Å². The van der Waals surface area contributed by atoms with Gasteiger partial charge in [-0.1, -0.05) is 13.8 Å². The van der Waals surface area contributed by atoms with Gasteiger partial charge in [0.2, 0.25) is 0 Å². The van der Waals surface area contributed by atoms with Gasteiger partial charge in [-0.25, -0.2) is 0 Å². The van der Waals surface area contributed by atoms with Crippen LogP contribution in [-0.4, -0.2) is 35.0 Å². The zero-order chi connectivity index (χ0) is 13.3. The Morgan fingerprint density at radius 1 is 1.29 bits per heavy atom. The molecule has 17 heavy (non-hydrogen) atoms. The highest BCUT2D eigenvalue weighted by Gasteiger charge is 2.46. The van der Waals surface area contributed by atoms with E-state index in [2.05, 4.69) is 46.9 Å². The molecule has 0 saturated carbocycles. The maximum Gasteiger partial charge on any atom is 0.0787 e. The Balaban J connectivity index is 2.61. The number of hydrogen-bond donors (Lipinski definition) is 2. The lowest BCUT2D eigenvalue weighted by Gasteiger charge is -2.31. The van der Waals surface area contributed by atoms with E-state index in [9.17, 15) is 5.11 Å². The van der Waals surface area contributed by atoms with E-state index in [0.29, 0.717) is 12.0 Å². The Hall–Kier alpha value is -0.120. The summed E-state index contributed by atoms with van der Waals surface area (Å²) in [6, 6.07) is 0.491. The molecule has 0 aromatic heterocycles. The molecule has 1 aliphatic rings. The second kappa shape index (κ2) is 5.25. The Bertz CT molecular complexity index is 249. The van der Waals surface area contributed by atoms with Crippen molar-refractivity contribution < 1.29 is 9.84 Å². The van der Waals surface area contributed by atoms with Crippen LogP contribution in [0.1, 0.15) is 54.4 Å². The van der Waals surface area contributed by atoms with Crippen LogP contribution in [0.2, 0.25) is 0 Å². The standard InChI is InChI=1S/C14H29NO2/c1-10(2)7-11(9-16)15-12-8-13(3,4)17-14(12,5)6/h10-12,15-16H,7-9H2,1-6H3.